The van der Waals surface area contributed by atoms with Gasteiger partial charge in [0.05, 0.1) is 0 Å². The van der Waals surface area contributed by atoms with E-state index in [1.807, 2.05) is 0 Å². The second kappa shape index (κ2) is 6.45. The SMILES string of the molecule is CCC(CC)C(C)C(CC)C(C)C. The van der Waals surface area contributed by atoms with Crippen molar-refractivity contribution in [2.45, 2.75) is 60.8 Å². The Morgan fingerprint density at radius 1 is 0.769 bits per heavy atom. The molecular weight excluding hydrogens is 156 g/mol. The van der Waals surface area contributed by atoms with E-state index in [2.05, 4.69) is 41.5 Å². The molecule has 2 unspecified atom stereocenters. The van der Waals surface area contributed by atoms with Crippen LogP contribution in [0.15, 0.2) is 0 Å². The van der Waals surface area contributed by atoms with Crippen LogP contribution in [0.2, 0.25) is 0 Å². The van der Waals surface area contributed by atoms with Crippen LogP contribution in [0.1, 0.15) is 60.8 Å². The molecule has 0 aliphatic heterocycles. The lowest BCUT2D eigenvalue weighted by Crippen LogP contribution is -2.23. The Labute approximate surface area is 85.1 Å². The summed E-state index contributed by atoms with van der Waals surface area (Å²) in [5.74, 6) is 3.61. The molecule has 0 aliphatic rings. The molecule has 0 aromatic heterocycles. The fraction of sp³-hybridized carbons (Fsp3) is 1.00. The van der Waals surface area contributed by atoms with Crippen LogP contribution in [0, 0.1) is 23.7 Å². The maximum atomic E-state index is 2.45. The van der Waals surface area contributed by atoms with Crippen molar-refractivity contribution in [2.75, 3.05) is 0 Å². The minimum atomic E-state index is 0.848. The largest absolute Gasteiger partial charge is 0.0651 e. The van der Waals surface area contributed by atoms with Crippen LogP contribution in [0.25, 0.3) is 0 Å². The van der Waals surface area contributed by atoms with Crippen LogP contribution in [0.5, 0.6) is 0 Å². The molecule has 0 heteroatoms. The Bertz CT molecular complexity index is 111. The van der Waals surface area contributed by atoms with Crippen molar-refractivity contribution in [1.82, 2.24) is 0 Å². The average Bonchev–Trinajstić information content (AvgIpc) is 2.07. The van der Waals surface area contributed by atoms with E-state index in [9.17, 15) is 0 Å². The van der Waals surface area contributed by atoms with Gasteiger partial charge in [-0.05, 0) is 23.7 Å². The molecule has 0 rings (SSSR count). The first-order chi connectivity index (χ1) is 6.08. The van der Waals surface area contributed by atoms with Crippen molar-refractivity contribution in [1.29, 1.82) is 0 Å². The molecular formula is C13H28. The monoisotopic (exact) mass is 184 g/mol. The van der Waals surface area contributed by atoms with Gasteiger partial charge in [-0.1, -0.05) is 60.8 Å². The summed E-state index contributed by atoms with van der Waals surface area (Å²) in [5, 5.41) is 0. The van der Waals surface area contributed by atoms with E-state index in [0.29, 0.717) is 0 Å². The molecule has 0 bridgehead atoms. The van der Waals surface area contributed by atoms with Crippen molar-refractivity contribution in [2.24, 2.45) is 23.7 Å². The van der Waals surface area contributed by atoms with Crippen molar-refractivity contribution < 1.29 is 0 Å². The predicted octanol–water partition coefficient (Wildman–Crippen LogP) is 4.74. The molecule has 0 radical (unpaired) electrons. The Balaban J connectivity index is 4.24. The van der Waals surface area contributed by atoms with Crippen LogP contribution in [0.4, 0.5) is 0 Å². The van der Waals surface area contributed by atoms with Gasteiger partial charge in [-0.15, -0.1) is 0 Å². The minimum Gasteiger partial charge on any atom is -0.0651 e. The molecule has 0 N–H and O–H groups in total. The topological polar surface area (TPSA) is 0 Å². The molecule has 0 saturated heterocycles. The van der Waals surface area contributed by atoms with Crippen LogP contribution >= 0.6 is 0 Å². The number of hydrogen-bond donors (Lipinski definition) is 0. The minimum absolute atomic E-state index is 0.848. The van der Waals surface area contributed by atoms with Crippen molar-refractivity contribution >= 4 is 0 Å². The lowest BCUT2D eigenvalue weighted by molar-refractivity contribution is 0.180. The normalized spacial score (nSPS) is 16.6. The van der Waals surface area contributed by atoms with Gasteiger partial charge in [0.25, 0.3) is 0 Å². The van der Waals surface area contributed by atoms with E-state index in [1.165, 1.54) is 19.3 Å². The first-order valence-corrected chi connectivity index (χ1v) is 6.08. The third-order valence-corrected chi connectivity index (χ3v) is 3.80. The van der Waals surface area contributed by atoms with Crippen LogP contribution in [-0.4, -0.2) is 0 Å². The molecule has 0 aromatic carbocycles. The lowest BCUT2D eigenvalue weighted by Gasteiger charge is -2.32. The van der Waals surface area contributed by atoms with E-state index < -0.39 is 0 Å². The van der Waals surface area contributed by atoms with Crippen LogP contribution in [0.3, 0.4) is 0 Å². The third-order valence-electron chi connectivity index (χ3n) is 3.80. The molecule has 13 heavy (non-hydrogen) atoms. The standard InChI is InChI=1S/C13H28/c1-7-12(8-2)11(6)13(9-3)10(4)5/h10-13H,7-9H2,1-6H3. The third kappa shape index (κ3) is 3.70. The van der Waals surface area contributed by atoms with Gasteiger partial charge in [-0.2, -0.15) is 0 Å². The highest BCUT2D eigenvalue weighted by molar-refractivity contribution is 4.73. The predicted molar refractivity (Wildman–Crippen MR) is 61.9 cm³/mol. The summed E-state index contributed by atoms with van der Waals surface area (Å²) >= 11 is 0. The highest BCUT2D eigenvalue weighted by Crippen LogP contribution is 2.32. The second-order valence-electron chi connectivity index (χ2n) is 4.75. The second-order valence-corrected chi connectivity index (χ2v) is 4.75. The summed E-state index contributed by atoms with van der Waals surface area (Å²) in [6, 6.07) is 0. The van der Waals surface area contributed by atoms with Crippen molar-refractivity contribution in [3.05, 3.63) is 0 Å². The van der Waals surface area contributed by atoms with Gasteiger partial charge < -0.3 is 0 Å². The Morgan fingerprint density at radius 2 is 1.23 bits per heavy atom. The summed E-state index contributed by atoms with van der Waals surface area (Å²) in [6.45, 7) is 14.2. The van der Waals surface area contributed by atoms with Crippen molar-refractivity contribution in [3.63, 3.8) is 0 Å². The van der Waals surface area contributed by atoms with E-state index in [0.717, 1.165) is 23.7 Å². The van der Waals surface area contributed by atoms with Crippen molar-refractivity contribution in [3.8, 4) is 0 Å². The lowest BCUT2D eigenvalue weighted by atomic mass is 9.74. The Morgan fingerprint density at radius 3 is 1.46 bits per heavy atom. The number of hydrogen-bond acceptors (Lipinski definition) is 0. The average molecular weight is 184 g/mol. The van der Waals surface area contributed by atoms with Gasteiger partial charge in [-0.25, -0.2) is 0 Å². The van der Waals surface area contributed by atoms with Gasteiger partial charge in [0.2, 0.25) is 0 Å². The quantitative estimate of drug-likeness (QED) is 0.559. The van der Waals surface area contributed by atoms with Gasteiger partial charge in [0, 0.05) is 0 Å². The molecule has 0 aromatic rings. The van der Waals surface area contributed by atoms with E-state index in [1.54, 1.807) is 0 Å². The highest BCUT2D eigenvalue weighted by Gasteiger charge is 2.24. The highest BCUT2D eigenvalue weighted by atomic mass is 14.3. The molecule has 0 aliphatic carbocycles. The number of rotatable bonds is 6. The van der Waals surface area contributed by atoms with Gasteiger partial charge >= 0.3 is 0 Å². The summed E-state index contributed by atoms with van der Waals surface area (Å²) in [7, 11) is 0. The Hall–Kier alpha value is 0. The zero-order valence-corrected chi connectivity index (χ0v) is 10.4. The molecule has 2 atom stereocenters. The van der Waals surface area contributed by atoms with E-state index >= 15 is 0 Å². The van der Waals surface area contributed by atoms with Gasteiger partial charge in [-0.3, -0.25) is 0 Å². The summed E-state index contributed by atoms with van der Waals surface area (Å²) in [5.41, 5.74) is 0. The molecule has 0 spiro atoms. The Kier molecular flexibility index (Phi) is 6.45. The zero-order valence-electron chi connectivity index (χ0n) is 10.4. The fourth-order valence-corrected chi connectivity index (χ4v) is 2.83. The molecule has 0 amide bonds. The molecule has 0 saturated carbocycles. The summed E-state index contributed by atoms with van der Waals surface area (Å²) in [6.07, 6.45) is 4.04. The molecule has 0 fully saturated rings. The fourth-order valence-electron chi connectivity index (χ4n) is 2.83. The summed E-state index contributed by atoms with van der Waals surface area (Å²) < 4.78 is 0. The molecule has 0 nitrogen and oxygen atoms in total. The first-order valence-electron chi connectivity index (χ1n) is 6.08. The zero-order chi connectivity index (χ0) is 10.4. The smallest absolute Gasteiger partial charge is 0.0365 e. The molecule has 0 heterocycles. The van der Waals surface area contributed by atoms with E-state index in [4.69, 9.17) is 0 Å². The van der Waals surface area contributed by atoms with Crippen LogP contribution in [-0.2, 0) is 0 Å². The maximum absolute atomic E-state index is 2.45. The van der Waals surface area contributed by atoms with E-state index in [-0.39, 0.29) is 0 Å². The van der Waals surface area contributed by atoms with Crippen LogP contribution < -0.4 is 0 Å². The van der Waals surface area contributed by atoms with Gasteiger partial charge in [0.1, 0.15) is 0 Å². The van der Waals surface area contributed by atoms with Gasteiger partial charge in [0.15, 0.2) is 0 Å². The first kappa shape index (κ1) is 13.0. The summed E-state index contributed by atoms with van der Waals surface area (Å²) in [4.78, 5) is 0. The maximum Gasteiger partial charge on any atom is -0.0365 e. The molecule has 80 valence electrons.